The molecule has 1 spiro atoms. The Bertz CT molecular complexity index is 1630. The van der Waals surface area contributed by atoms with Crippen molar-refractivity contribution >= 4 is 17.8 Å². The number of carbonyl (C=O) groups is 3. The molecule has 5 aliphatic carbocycles. The monoisotopic (exact) mass is 864 g/mol. The minimum absolute atomic E-state index is 0.0114. The number of hydrogen-bond acceptors (Lipinski definition) is 10. The number of rotatable bonds is 10. The Morgan fingerprint density at radius 3 is 2.16 bits per heavy atom. The first kappa shape index (κ1) is 44.9. The molecule has 0 bridgehead atoms. The number of fused-ring (bicyclic) bond motifs is 4. The Morgan fingerprint density at radius 2 is 1.48 bits per heavy atom. The van der Waals surface area contributed by atoms with Gasteiger partial charge in [0.1, 0.15) is 12.1 Å². The van der Waals surface area contributed by atoms with Crippen LogP contribution in [0.4, 0.5) is 0 Å². The van der Waals surface area contributed by atoms with Crippen LogP contribution in [0.2, 0.25) is 0 Å². The number of hydrogen-bond donors (Lipinski definition) is 3. The maximum absolute atomic E-state index is 16.2. The summed E-state index contributed by atoms with van der Waals surface area (Å²) in [5, 5.41) is 22.9. The summed E-state index contributed by atoms with van der Waals surface area (Å²) in [5.74, 6) is 6.72. The number of amides is 2. The van der Waals surface area contributed by atoms with Crippen molar-refractivity contribution in [2.24, 2.45) is 52.8 Å². The summed E-state index contributed by atoms with van der Waals surface area (Å²) in [6.07, 6.45) is 19.7. The first-order chi connectivity index (χ1) is 30.3. The van der Waals surface area contributed by atoms with Gasteiger partial charge in [0.15, 0.2) is 0 Å². The maximum atomic E-state index is 16.2. The second kappa shape index (κ2) is 19.7. The van der Waals surface area contributed by atoms with Crippen molar-refractivity contribution in [3.05, 3.63) is 0 Å². The van der Waals surface area contributed by atoms with Gasteiger partial charge >= 0.3 is 5.97 Å². The number of carbonyl (C=O) groups excluding carboxylic acids is 3. The Labute approximate surface area is 370 Å². The van der Waals surface area contributed by atoms with E-state index in [4.69, 9.17) is 18.9 Å². The molecular weight excluding hydrogens is 787 g/mol. The summed E-state index contributed by atoms with van der Waals surface area (Å²) in [6.45, 7) is 1.50. The number of ether oxygens (including phenoxy) is 4. The number of cyclic esters (lactones) is 1. The van der Waals surface area contributed by atoms with Crippen LogP contribution in [0, 0.1) is 64.6 Å². The predicted octanol–water partition coefficient (Wildman–Crippen LogP) is 5.25. The largest absolute Gasteiger partial charge is 0.459 e. The van der Waals surface area contributed by atoms with Gasteiger partial charge in [-0.25, -0.2) is 0 Å². The van der Waals surface area contributed by atoms with Gasteiger partial charge in [0.05, 0.1) is 55.5 Å². The normalized spacial score (nSPS) is 42.9. The van der Waals surface area contributed by atoms with Gasteiger partial charge in [0, 0.05) is 51.7 Å². The van der Waals surface area contributed by atoms with Crippen molar-refractivity contribution in [3.8, 4) is 11.8 Å². The van der Waals surface area contributed by atoms with Gasteiger partial charge in [-0.15, -0.1) is 5.92 Å². The minimum atomic E-state index is -1.14. The van der Waals surface area contributed by atoms with Crippen LogP contribution in [0.1, 0.15) is 135 Å². The molecule has 5 saturated carbocycles. The molecule has 9 rings (SSSR count). The van der Waals surface area contributed by atoms with Crippen molar-refractivity contribution in [2.45, 2.75) is 183 Å². The number of likely N-dealkylation sites (tertiary alicyclic amines) is 1. The number of aliphatic hydroxyl groups excluding tert-OH is 2. The summed E-state index contributed by atoms with van der Waals surface area (Å²) in [6, 6.07) is -1.28. The molecule has 0 aromatic heterocycles. The zero-order valence-corrected chi connectivity index (χ0v) is 37.8. The molecule has 9 fully saturated rings. The van der Waals surface area contributed by atoms with Crippen LogP contribution < -0.4 is 5.32 Å². The van der Waals surface area contributed by atoms with Gasteiger partial charge in [-0.3, -0.25) is 19.3 Å². The highest BCUT2D eigenvalue weighted by molar-refractivity contribution is 5.99. The molecule has 3 N–H and O–H groups in total. The van der Waals surface area contributed by atoms with E-state index < -0.39 is 17.4 Å². The highest BCUT2D eigenvalue weighted by atomic mass is 16.6. The van der Waals surface area contributed by atoms with Gasteiger partial charge < -0.3 is 39.4 Å². The van der Waals surface area contributed by atoms with Crippen LogP contribution in [0.15, 0.2) is 0 Å². The number of methoxy groups -OCH3 is 2. The lowest BCUT2D eigenvalue weighted by Crippen LogP contribution is -2.66. The molecular formula is C50H77N3O9. The Hall–Kier alpha value is -2.27. The lowest BCUT2D eigenvalue weighted by molar-refractivity contribution is -0.191. The highest BCUT2D eigenvalue weighted by Gasteiger charge is 2.78. The number of piperidine rings is 1. The third-order valence-electron chi connectivity index (χ3n) is 18.3. The van der Waals surface area contributed by atoms with E-state index in [-0.39, 0.29) is 103 Å². The molecule has 12 heteroatoms. The Morgan fingerprint density at radius 1 is 0.790 bits per heavy atom. The fourth-order valence-corrected chi connectivity index (χ4v) is 15.6. The van der Waals surface area contributed by atoms with E-state index in [1.54, 1.807) is 14.2 Å². The van der Waals surface area contributed by atoms with E-state index in [1.165, 1.54) is 12.8 Å². The molecule has 4 heterocycles. The average Bonchev–Trinajstić information content (AvgIpc) is 3.79. The first-order valence-electron chi connectivity index (χ1n) is 25.3. The van der Waals surface area contributed by atoms with Crippen LogP contribution in [0.3, 0.4) is 0 Å². The number of aliphatic hydroxyl groups is 2. The number of nitrogens with one attached hydrogen (secondary N) is 1. The standard InChI is InChI=1S/C50H77N3O9/c1-59-40-28-35-22-23-52(30-36(35)29-41(40)60-2)47(56)42-44-48(57)62-45(33-14-7-4-8-15-33)43(32-12-5-3-6-13-32)53(44)46(34-17-19-37(20-18-34)61-26-25-55)50(42)38-27-31(11-9-10-24-54)16-21-39(38)51-49(50)58/h31-46,54-55H,3-8,10,12-30H2,1-2H3,(H,51,58)/t31?,34?,35?,36?,37?,38?,39?,40?,41?,42-,43-,44-,45+,46?,50-/m1/s1. The third kappa shape index (κ3) is 8.18. The summed E-state index contributed by atoms with van der Waals surface area (Å²) < 4.78 is 25.0. The fraction of sp³-hybridized carbons (Fsp3) is 0.900. The van der Waals surface area contributed by atoms with E-state index in [0.29, 0.717) is 44.4 Å². The quantitative estimate of drug-likeness (QED) is 0.197. The van der Waals surface area contributed by atoms with Crippen molar-refractivity contribution in [2.75, 3.05) is 47.1 Å². The molecule has 0 radical (unpaired) electrons. The van der Waals surface area contributed by atoms with Gasteiger partial charge in [0.25, 0.3) is 0 Å². The molecule has 8 unspecified atom stereocenters. The van der Waals surface area contributed by atoms with Crippen molar-refractivity contribution < 1.29 is 43.5 Å². The zero-order chi connectivity index (χ0) is 43.0. The topological polar surface area (TPSA) is 147 Å². The van der Waals surface area contributed by atoms with Gasteiger partial charge in [0.2, 0.25) is 11.8 Å². The smallest absolute Gasteiger partial charge is 0.324 e. The van der Waals surface area contributed by atoms with Crippen LogP contribution in [-0.4, -0.2) is 134 Å². The molecule has 13 atom stereocenters. The van der Waals surface area contributed by atoms with Crippen LogP contribution in [0.25, 0.3) is 0 Å². The molecule has 62 heavy (non-hydrogen) atoms. The summed E-state index contributed by atoms with van der Waals surface area (Å²) in [5.41, 5.74) is -1.14. The van der Waals surface area contributed by atoms with Gasteiger partial charge in [-0.05, 0) is 125 Å². The van der Waals surface area contributed by atoms with Crippen molar-refractivity contribution in [1.29, 1.82) is 0 Å². The highest BCUT2D eigenvalue weighted by Crippen LogP contribution is 2.64. The zero-order valence-electron chi connectivity index (χ0n) is 37.8. The van der Waals surface area contributed by atoms with Gasteiger partial charge in [-0.2, -0.15) is 0 Å². The fourth-order valence-electron chi connectivity index (χ4n) is 15.6. The third-order valence-corrected chi connectivity index (χ3v) is 18.3. The van der Waals surface area contributed by atoms with Gasteiger partial charge in [-0.1, -0.05) is 44.4 Å². The summed E-state index contributed by atoms with van der Waals surface area (Å²) in [7, 11) is 3.52. The SMILES string of the molecule is COC1CC2CCN(C(=O)[C@H]3[C@@H]4C(=O)O[C@@H](C5CCCCC5)[C@@H](C5CCCCC5)N4C(C4CCC(OCCO)CC4)[C@]34C(=O)NC3CCC(C#CCCO)CC34)CC2CC1OC. The Kier molecular flexibility index (Phi) is 14.3. The predicted molar refractivity (Wildman–Crippen MR) is 232 cm³/mol. The molecule has 2 amide bonds. The summed E-state index contributed by atoms with van der Waals surface area (Å²) >= 11 is 0. The molecule has 12 nitrogen and oxygen atoms in total. The lowest BCUT2D eigenvalue weighted by atomic mass is 9.55. The molecule has 9 aliphatic rings. The van der Waals surface area contributed by atoms with Crippen molar-refractivity contribution in [3.63, 3.8) is 0 Å². The van der Waals surface area contributed by atoms with E-state index in [1.807, 2.05) is 0 Å². The first-order valence-corrected chi connectivity index (χ1v) is 25.3. The molecule has 0 aromatic rings. The number of morpholine rings is 1. The molecule has 346 valence electrons. The van der Waals surface area contributed by atoms with Crippen LogP contribution >= 0.6 is 0 Å². The van der Waals surface area contributed by atoms with E-state index in [0.717, 1.165) is 109 Å². The molecule has 0 aromatic carbocycles. The lowest BCUT2D eigenvalue weighted by Gasteiger charge is -2.54. The van der Waals surface area contributed by atoms with E-state index in [9.17, 15) is 10.2 Å². The second-order valence-corrected chi connectivity index (χ2v) is 21.2. The van der Waals surface area contributed by atoms with Crippen LogP contribution in [-0.2, 0) is 33.3 Å². The van der Waals surface area contributed by atoms with E-state index >= 15 is 14.4 Å². The number of nitrogens with zero attached hydrogens (tertiary/aromatic N) is 2. The second-order valence-electron chi connectivity index (χ2n) is 21.2. The average molecular weight is 864 g/mol. The molecule has 4 saturated heterocycles. The molecule has 4 aliphatic heterocycles. The summed E-state index contributed by atoms with van der Waals surface area (Å²) in [4.78, 5) is 52.3. The van der Waals surface area contributed by atoms with E-state index in [2.05, 4.69) is 27.0 Å². The Balaban J connectivity index is 1.18. The number of esters is 1. The van der Waals surface area contributed by atoms with Crippen LogP contribution in [0.5, 0.6) is 0 Å². The van der Waals surface area contributed by atoms with Crippen molar-refractivity contribution in [1.82, 2.24) is 15.1 Å². The maximum Gasteiger partial charge on any atom is 0.324 e. The minimum Gasteiger partial charge on any atom is -0.459 e.